The highest BCUT2D eigenvalue weighted by molar-refractivity contribution is 5.37. The second kappa shape index (κ2) is 4.61. The topological polar surface area (TPSA) is 54.5 Å². The molecule has 1 aromatic carbocycles. The molecule has 1 heterocycles. The van der Waals surface area contributed by atoms with E-state index in [0.29, 0.717) is 12.1 Å². The molecular weight excluding hydrogens is 224 g/mol. The third kappa shape index (κ3) is 2.40. The predicted molar refractivity (Wildman–Crippen MR) is 69.0 cm³/mol. The number of hydrogen-bond acceptors (Lipinski definition) is 3. The Bertz CT molecular complexity index is 584. The molecule has 0 aliphatic heterocycles. The van der Waals surface area contributed by atoms with Gasteiger partial charge in [0.15, 0.2) is 0 Å². The second-order valence-electron chi connectivity index (χ2n) is 5.30. The Morgan fingerprint density at radius 1 is 1.28 bits per heavy atom. The van der Waals surface area contributed by atoms with Crippen molar-refractivity contribution in [3.05, 3.63) is 47.3 Å². The summed E-state index contributed by atoms with van der Waals surface area (Å²) in [4.78, 5) is 0. The molecule has 18 heavy (non-hydrogen) atoms. The van der Waals surface area contributed by atoms with Crippen LogP contribution in [0.25, 0.3) is 0 Å². The van der Waals surface area contributed by atoms with Gasteiger partial charge in [-0.1, -0.05) is 44.2 Å². The van der Waals surface area contributed by atoms with Crippen molar-refractivity contribution in [2.75, 3.05) is 0 Å². The molecule has 4 heteroatoms. The van der Waals surface area contributed by atoms with Gasteiger partial charge in [-0.25, -0.2) is 4.68 Å². The summed E-state index contributed by atoms with van der Waals surface area (Å²) in [5.74, 6) is 0. The lowest BCUT2D eigenvalue weighted by Crippen LogP contribution is -2.19. The van der Waals surface area contributed by atoms with Crippen molar-refractivity contribution in [2.45, 2.75) is 32.7 Å². The van der Waals surface area contributed by atoms with E-state index in [4.69, 9.17) is 5.26 Å². The lowest BCUT2D eigenvalue weighted by Gasteiger charge is -2.19. The minimum atomic E-state index is -0.00884. The van der Waals surface area contributed by atoms with Crippen molar-refractivity contribution < 1.29 is 0 Å². The summed E-state index contributed by atoms with van der Waals surface area (Å²) in [6, 6.07) is 9.78. The second-order valence-corrected chi connectivity index (χ2v) is 5.30. The first kappa shape index (κ1) is 12.3. The molecule has 4 nitrogen and oxygen atoms in total. The molecule has 0 N–H and O–H groups in total. The van der Waals surface area contributed by atoms with Crippen LogP contribution in [0.1, 0.15) is 37.6 Å². The molecule has 92 valence electrons. The monoisotopic (exact) mass is 240 g/mol. The van der Waals surface area contributed by atoms with Gasteiger partial charge in [-0.05, 0) is 11.6 Å². The fourth-order valence-electron chi connectivity index (χ4n) is 1.88. The van der Waals surface area contributed by atoms with E-state index in [-0.39, 0.29) is 5.41 Å². The van der Waals surface area contributed by atoms with Crippen LogP contribution in [0.3, 0.4) is 0 Å². The van der Waals surface area contributed by atoms with E-state index >= 15 is 0 Å². The van der Waals surface area contributed by atoms with Gasteiger partial charge in [-0.3, -0.25) is 0 Å². The number of hydrogen-bond donors (Lipinski definition) is 0. The fraction of sp³-hybridized carbons (Fsp3) is 0.357. The molecule has 0 spiro atoms. The zero-order chi connectivity index (χ0) is 13.2. The van der Waals surface area contributed by atoms with Crippen LogP contribution in [-0.2, 0) is 12.0 Å². The van der Waals surface area contributed by atoms with Crippen LogP contribution >= 0.6 is 0 Å². The number of benzene rings is 1. The van der Waals surface area contributed by atoms with Crippen LogP contribution in [-0.4, -0.2) is 15.0 Å². The van der Waals surface area contributed by atoms with Gasteiger partial charge < -0.3 is 0 Å². The van der Waals surface area contributed by atoms with Crippen LogP contribution < -0.4 is 0 Å². The highest BCUT2D eigenvalue weighted by Gasteiger charge is 2.20. The lowest BCUT2D eigenvalue weighted by molar-refractivity contribution is 0.501. The molecule has 0 unspecified atom stereocenters. The summed E-state index contributed by atoms with van der Waals surface area (Å²) in [7, 11) is 0. The first-order chi connectivity index (χ1) is 8.52. The van der Waals surface area contributed by atoms with Gasteiger partial charge in [0.05, 0.1) is 30.1 Å². The molecular formula is C14H16N4. The standard InChI is InChI=1S/C14H16N4/c1-14(2,3)13-9-16-17-18(13)10-12-7-5-4-6-11(12)8-15/h4-7,9H,10H2,1-3H3. The molecule has 0 fully saturated rings. The van der Waals surface area contributed by atoms with E-state index in [0.717, 1.165) is 11.3 Å². The molecule has 0 atom stereocenters. The van der Waals surface area contributed by atoms with Crippen LogP contribution in [0.4, 0.5) is 0 Å². The van der Waals surface area contributed by atoms with Gasteiger partial charge in [0.25, 0.3) is 0 Å². The van der Waals surface area contributed by atoms with Gasteiger partial charge >= 0.3 is 0 Å². The zero-order valence-corrected chi connectivity index (χ0v) is 10.9. The number of nitriles is 1. The molecule has 0 saturated carbocycles. The molecule has 0 saturated heterocycles. The average molecular weight is 240 g/mol. The maximum Gasteiger partial charge on any atom is 0.0995 e. The SMILES string of the molecule is CC(C)(C)c1cnnn1Cc1ccccc1C#N. The highest BCUT2D eigenvalue weighted by Crippen LogP contribution is 2.21. The Kier molecular flexibility index (Phi) is 3.15. The summed E-state index contributed by atoms with van der Waals surface area (Å²) in [6.45, 7) is 6.95. The van der Waals surface area contributed by atoms with E-state index in [1.807, 2.05) is 28.9 Å². The first-order valence-corrected chi connectivity index (χ1v) is 5.89. The number of nitrogens with zero attached hydrogens (tertiary/aromatic N) is 4. The van der Waals surface area contributed by atoms with E-state index in [9.17, 15) is 0 Å². The minimum absolute atomic E-state index is 0.00884. The quantitative estimate of drug-likeness (QED) is 0.810. The largest absolute Gasteiger partial charge is 0.244 e. The summed E-state index contributed by atoms with van der Waals surface area (Å²) in [6.07, 6.45) is 1.79. The van der Waals surface area contributed by atoms with Crippen LogP contribution in [0.5, 0.6) is 0 Å². The van der Waals surface area contributed by atoms with Gasteiger partial charge in [-0.15, -0.1) is 5.10 Å². The summed E-state index contributed by atoms with van der Waals surface area (Å²) >= 11 is 0. The lowest BCUT2D eigenvalue weighted by atomic mass is 9.92. The predicted octanol–water partition coefficient (Wildman–Crippen LogP) is 2.50. The van der Waals surface area contributed by atoms with E-state index in [1.165, 1.54) is 0 Å². The van der Waals surface area contributed by atoms with Crippen molar-refractivity contribution in [1.82, 2.24) is 15.0 Å². The number of rotatable bonds is 2. The highest BCUT2D eigenvalue weighted by atomic mass is 15.4. The van der Waals surface area contributed by atoms with E-state index < -0.39 is 0 Å². The molecule has 0 aliphatic carbocycles. The maximum atomic E-state index is 9.08. The van der Waals surface area contributed by atoms with Gasteiger partial charge in [0, 0.05) is 5.41 Å². The first-order valence-electron chi connectivity index (χ1n) is 5.89. The molecule has 2 aromatic rings. The van der Waals surface area contributed by atoms with Crippen molar-refractivity contribution in [2.24, 2.45) is 0 Å². The summed E-state index contributed by atoms with van der Waals surface area (Å²) in [5.41, 5.74) is 2.71. The third-order valence-electron chi connectivity index (χ3n) is 2.84. The smallest absolute Gasteiger partial charge is 0.0995 e. The van der Waals surface area contributed by atoms with Gasteiger partial charge in [-0.2, -0.15) is 5.26 Å². The van der Waals surface area contributed by atoms with Crippen molar-refractivity contribution >= 4 is 0 Å². The van der Waals surface area contributed by atoms with Crippen molar-refractivity contribution in [3.8, 4) is 6.07 Å². The summed E-state index contributed by atoms with van der Waals surface area (Å²) in [5, 5.41) is 17.2. The Morgan fingerprint density at radius 3 is 2.67 bits per heavy atom. The Labute approximate surface area is 107 Å². The Hall–Kier alpha value is -2.15. The fourth-order valence-corrected chi connectivity index (χ4v) is 1.88. The van der Waals surface area contributed by atoms with E-state index in [1.54, 1.807) is 6.20 Å². The van der Waals surface area contributed by atoms with Gasteiger partial charge in [0.2, 0.25) is 0 Å². The van der Waals surface area contributed by atoms with Gasteiger partial charge in [0.1, 0.15) is 0 Å². The Morgan fingerprint density at radius 2 is 2.00 bits per heavy atom. The average Bonchev–Trinajstić information content (AvgIpc) is 2.78. The van der Waals surface area contributed by atoms with Crippen LogP contribution in [0.2, 0.25) is 0 Å². The molecule has 0 radical (unpaired) electrons. The minimum Gasteiger partial charge on any atom is -0.244 e. The molecule has 0 aliphatic rings. The number of aromatic nitrogens is 3. The van der Waals surface area contributed by atoms with Crippen molar-refractivity contribution in [1.29, 1.82) is 5.26 Å². The maximum absolute atomic E-state index is 9.08. The Balaban J connectivity index is 2.36. The molecule has 2 rings (SSSR count). The summed E-state index contributed by atoms with van der Waals surface area (Å²) < 4.78 is 1.86. The van der Waals surface area contributed by atoms with Crippen LogP contribution in [0.15, 0.2) is 30.5 Å². The van der Waals surface area contributed by atoms with Crippen LogP contribution in [0, 0.1) is 11.3 Å². The third-order valence-corrected chi connectivity index (χ3v) is 2.84. The van der Waals surface area contributed by atoms with E-state index in [2.05, 4.69) is 37.2 Å². The normalized spacial score (nSPS) is 11.2. The van der Waals surface area contributed by atoms with Crippen molar-refractivity contribution in [3.63, 3.8) is 0 Å². The molecule has 1 aromatic heterocycles. The molecule has 0 bridgehead atoms. The molecule has 0 amide bonds. The zero-order valence-electron chi connectivity index (χ0n) is 10.9.